The third-order valence-electron chi connectivity index (χ3n) is 7.52. The van der Waals surface area contributed by atoms with Crippen LogP contribution in [-0.4, -0.2) is 85.0 Å². The summed E-state index contributed by atoms with van der Waals surface area (Å²) in [5, 5.41) is 11.6. The highest BCUT2D eigenvalue weighted by Crippen LogP contribution is 2.53. The number of carbonyl (C=O) groups excluding carboxylic acids is 3. The molecular weight excluding hydrogens is 498 g/mol. The average Bonchev–Trinajstić information content (AvgIpc) is 3.33. The molecule has 9 nitrogen and oxygen atoms in total. The second-order valence-corrected chi connectivity index (χ2v) is 9.71. The summed E-state index contributed by atoms with van der Waals surface area (Å²) < 4.78 is 10.9. The summed E-state index contributed by atoms with van der Waals surface area (Å²) in [4.78, 5) is 46.8. The highest BCUT2D eigenvalue weighted by Gasteiger charge is 2.66. The van der Waals surface area contributed by atoms with E-state index in [4.69, 9.17) is 9.47 Å². The number of morpholine rings is 1. The van der Waals surface area contributed by atoms with Gasteiger partial charge in [-0.15, -0.1) is 6.58 Å². The number of carbonyl (C=O) groups is 3. The molecule has 204 valence electrons. The SMILES string of the molecule is C=CCN1C(=O)C2(/C(=C(\O)c3ccc(OCC)cc3)C(=O)C(=O)N2CCCN2CCOCC2)c2ccccc21. The van der Waals surface area contributed by atoms with Gasteiger partial charge in [-0.3, -0.25) is 19.3 Å². The quantitative estimate of drug-likeness (QED) is 0.230. The maximum absolute atomic E-state index is 14.4. The minimum absolute atomic E-state index is 0.171. The monoisotopic (exact) mass is 531 g/mol. The Morgan fingerprint density at radius 1 is 1.08 bits per heavy atom. The molecule has 1 atom stereocenters. The van der Waals surface area contributed by atoms with Crippen LogP contribution in [0.15, 0.2) is 66.8 Å². The third kappa shape index (κ3) is 4.41. The van der Waals surface area contributed by atoms with Crippen molar-refractivity contribution in [1.29, 1.82) is 0 Å². The van der Waals surface area contributed by atoms with E-state index < -0.39 is 28.9 Å². The molecule has 3 aliphatic heterocycles. The molecule has 1 unspecified atom stereocenters. The van der Waals surface area contributed by atoms with Crippen molar-refractivity contribution in [3.8, 4) is 5.75 Å². The van der Waals surface area contributed by atoms with Gasteiger partial charge in [-0.1, -0.05) is 24.3 Å². The molecule has 2 saturated heterocycles. The van der Waals surface area contributed by atoms with E-state index in [1.807, 2.05) is 6.92 Å². The number of ketones is 1. The molecule has 0 radical (unpaired) electrons. The van der Waals surface area contributed by atoms with Gasteiger partial charge in [-0.05, 0) is 43.7 Å². The van der Waals surface area contributed by atoms with E-state index in [0.29, 0.717) is 55.4 Å². The summed E-state index contributed by atoms with van der Waals surface area (Å²) in [6.45, 7) is 10.1. The number of anilines is 1. The molecule has 2 amide bonds. The smallest absolute Gasteiger partial charge is 0.296 e. The number of benzene rings is 2. The van der Waals surface area contributed by atoms with Crippen LogP contribution in [-0.2, 0) is 24.7 Å². The van der Waals surface area contributed by atoms with Gasteiger partial charge in [0.15, 0.2) is 5.54 Å². The van der Waals surface area contributed by atoms with Crippen molar-refractivity contribution < 1.29 is 29.0 Å². The van der Waals surface area contributed by atoms with Crippen molar-refractivity contribution in [2.24, 2.45) is 0 Å². The highest BCUT2D eigenvalue weighted by atomic mass is 16.5. The number of Topliss-reactive ketones (excluding diaryl/α,β-unsaturated/α-hetero) is 1. The van der Waals surface area contributed by atoms with Crippen LogP contribution in [0.4, 0.5) is 5.69 Å². The first-order chi connectivity index (χ1) is 18.9. The van der Waals surface area contributed by atoms with Crippen molar-refractivity contribution in [2.75, 3.05) is 57.4 Å². The fraction of sp³-hybridized carbons (Fsp3) is 0.367. The molecule has 3 aliphatic rings. The fourth-order valence-corrected chi connectivity index (χ4v) is 5.77. The lowest BCUT2D eigenvalue weighted by atomic mass is 9.82. The Balaban J connectivity index is 1.63. The Morgan fingerprint density at radius 3 is 2.49 bits per heavy atom. The number of rotatable bonds is 9. The molecule has 0 aliphatic carbocycles. The van der Waals surface area contributed by atoms with Gasteiger partial charge in [0.25, 0.3) is 17.6 Å². The Kier molecular flexibility index (Phi) is 7.54. The highest BCUT2D eigenvalue weighted by molar-refractivity contribution is 6.50. The summed E-state index contributed by atoms with van der Waals surface area (Å²) in [6, 6.07) is 13.7. The maximum atomic E-state index is 14.4. The number of fused-ring (bicyclic) bond motifs is 2. The molecule has 2 aromatic carbocycles. The number of likely N-dealkylation sites (tertiary alicyclic amines) is 1. The predicted octanol–water partition coefficient (Wildman–Crippen LogP) is 2.92. The van der Waals surface area contributed by atoms with Crippen LogP contribution in [0.2, 0.25) is 0 Å². The zero-order valence-corrected chi connectivity index (χ0v) is 22.1. The summed E-state index contributed by atoms with van der Waals surface area (Å²) in [6.07, 6.45) is 2.15. The lowest BCUT2D eigenvalue weighted by molar-refractivity contribution is -0.143. The fourth-order valence-electron chi connectivity index (χ4n) is 5.77. The number of hydrogen-bond acceptors (Lipinski definition) is 7. The molecule has 2 aromatic rings. The van der Waals surface area contributed by atoms with E-state index in [2.05, 4.69) is 11.5 Å². The number of aliphatic hydroxyl groups is 1. The van der Waals surface area contributed by atoms with Crippen molar-refractivity contribution in [3.63, 3.8) is 0 Å². The Hall–Kier alpha value is -3.95. The van der Waals surface area contributed by atoms with Crippen molar-refractivity contribution in [2.45, 2.75) is 18.9 Å². The number of amides is 2. The predicted molar refractivity (Wildman–Crippen MR) is 146 cm³/mol. The number of aliphatic hydroxyl groups excluding tert-OH is 1. The van der Waals surface area contributed by atoms with Gasteiger partial charge < -0.3 is 24.4 Å². The average molecular weight is 532 g/mol. The van der Waals surface area contributed by atoms with Gasteiger partial charge >= 0.3 is 0 Å². The molecule has 0 aromatic heterocycles. The standard InChI is InChI=1S/C30H33N3O6/c1-3-14-32-24-9-6-5-8-23(24)30(29(32)37)25(26(34)21-10-12-22(13-11-21)39-4-2)27(35)28(36)33(30)16-7-15-31-17-19-38-20-18-31/h3,5-6,8-13,34H,1,4,7,14-20H2,2H3/b26-25-. The van der Waals surface area contributed by atoms with E-state index in [9.17, 15) is 19.5 Å². The van der Waals surface area contributed by atoms with Crippen LogP contribution in [0.25, 0.3) is 5.76 Å². The normalized spacial score (nSPS) is 22.5. The molecule has 5 rings (SSSR count). The Labute approximate surface area is 227 Å². The number of nitrogens with zero attached hydrogens (tertiary/aromatic N) is 3. The van der Waals surface area contributed by atoms with E-state index in [1.165, 1.54) is 9.80 Å². The largest absolute Gasteiger partial charge is 0.507 e. The number of ether oxygens (including phenoxy) is 2. The van der Waals surface area contributed by atoms with Gasteiger partial charge in [0.05, 0.1) is 31.1 Å². The minimum Gasteiger partial charge on any atom is -0.507 e. The van der Waals surface area contributed by atoms with E-state index in [1.54, 1.807) is 54.6 Å². The summed E-state index contributed by atoms with van der Waals surface area (Å²) in [5.74, 6) is -1.92. The second-order valence-electron chi connectivity index (χ2n) is 9.71. The topological polar surface area (TPSA) is 99.6 Å². The first-order valence-corrected chi connectivity index (χ1v) is 13.3. The van der Waals surface area contributed by atoms with Crippen LogP contribution in [0.1, 0.15) is 24.5 Å². The lowest BCUT2D eigenvalue weighted by Crippen LogP contribution is -2.52. The lowest BCUT2D eigenvalue weighted by Gasteiger charge is -2.35. The summed E-state index contributed by atoms with van der Waals surface area (Å²) >= 11 is 0. The molecule has 9 heteroatoms. The van der Waals surface area contributed by atoms with E-state index in [0.717, 1.165) is 13.1 Å². The first-order valence-electron chi connectivity index (χ1n) is 13.3. The van der Waals surface area contributed by atoms with Crippen LogP contribution < -0.4 is 9.64 Å². The van der Waals surface area contributed by atoms with Gasteiger partial charge in [-0.2, -0.15) is 0 Å². The molecule has 1 spiro atoms. The molecule has 0 saturated carbocycles. The second kappa shape index (κ2) is 11.0. The zero-order valence-electron chi connectivity index (χ0n) is 22.1. The van der Waals surface area contributed by atoms with Crippen molar-refractivity contribution >= 4 is 29.0 Å². The van der Waals surface area contributed by atoms with Crippen LogP contribution in [0.5, 0.6) is 5.75 Å². The molecule has 39 heavy (non-hydrogen) atoms. The van der Waals surface area contributed by atoms with Crippen molar-refractivity contribution in [1.82, 2.24) is 9.80 Å². The summed E-state index contributed by atoms with van der Waals surface area (Å²) in [7, 11) is 0. The summed E-state index contributed by atoms with van der Waals surface area (Å²) in [5.41, 5.74) is -0.597. The van der Waals surface area contributed by atoms with Gasteiger partial charge in [0.2, 0.25) is 0 Å². The number of para-hydroxylation sites is 1. The molecule has 0 bridgehead atoms. The van der Waals surface area contributed by atoms with Crippen LogP contribution >= 0.6 is 0 Å². The van der Waals surface area contributed by atoms with E-state index in [-0.39, 0.29) is 18.7 Å². The molecular formula is C30H33N3O6. The third-order valence-corrected chi connectivity index (χ3v) is 7.52. The Bertz CT molecular complexity index is 1310. The zero-order chi connectivity index (χ0) is 27.6. The van der Waals surface area contributed by atoms with Crippen LogP contribution in [0, 0.1) is 0 Å². The minimum atomic E-state index is -1.78. The van der Waals surface area contributed by atoms with E-state index >= 15 is 0 Å². The number of hydrogen-bond donors (Lipinski definition) is 1. The van der Waals surface area contributed by atoms with Gasteiger partial charge in [-0.25, -0.2) is 0 Å². The maximum Gasteiger partial charge on any atom is 0.296 e. The van der Waals surface area contributed by atoms with Crippen LogP contribution in [0.3, 0.4) is 0 Å². The molecule has 2 fully saturated rings. The first kappa shape index (κ1) is 26.6. The van der Waals surface area contributed by atoms with Crippen molar-refractivity contribution in [3.05, 3.63) is 77.9 Å². The Morgan fingerprint density at radius 2 is 1.79 bits per heavy atom. The molecule has 3 heterocycles. The van der Waals surface area contributed by atoms with Gasteiger partial charge in [0, 0.05) is 43.9 Å². The molecule has 1 N–H and O–H groups in total. The van der Waals surface area contributed by atoms with Gasteiger partial charge in [0.1, 0.15) is 11.5 Å².